The Bertz CT molecular complexity index is 777. The number of hydrogen-bond donors (Lipinski definition) is 1. The van der Waals surface area contributed by atoms with Gasteiger partial charge in [-0.25, -0.2) is 4.39 Å². The summed E-state index contributed by atoms with van der Waals surface area (Å²) in [5, 5.41) is 2.72. The molecule has 2 aromatic carbocycles. The Morgan fingerprint density at radius 1 is 1.15 bits per heavy atom. The third-order valence-corrected chi connectivity index (χ3v) is 4.23. The molecule has 0 radical (unpaired) electrons. The third kappa shape index (κ3) is 5.81. The van der Waals surface area contributed by atoms with E-state index in [1.807, 2.05) is 32.0 Å². The Morgan fingerprint density at radius 3 is 2.44 bits per heavy atom. The van der Waals surface area contributed by atoms with Crippen LogP contribution in [-0.2, 0) is 16.1 Å². The van der Waals surface area contributed by atoms with Gasteiger partial charge in [-0.05, 0) is 50.1 Å². The van der Waals surface area contributed by atoms with E-state index in [2.05, 4.69) is 5.32 Å². The molecule has 1 N–H and O–H groups in total. The first-order valence-electron chi connectivity index (χ1n) is 8.92. The Hall–Kier alpha value is -2.89. The van der Waals surface area contributed by atoms with Crippen molar-refractivity contribution in [3.63, 3.8) is 0 Å². The van der Waals surface area contributed by atoms with Crippen molar-refractivity contribution in [3.8, 4) is 5.75 Å². The van der Waals surface area contributed by atoms with Crippen LogP contribution in [0.4, 0.5) is 4.39 Å². The van der Waals surface area contributed by atoms with Crippen molar-refractivity contribution in [3.05, 3.63) is 65.5 Å². The number of ether oxygens (including phenoxy) is 1. The SMILES string of the molecule is CCNC(=O)[C@H](C)N(Cc1ccc(F)cc1)C(=O)COc1ccccc1C. The maximum Gasteiger partial charge on any atom is 0.261 e. The highest BCUT2D eigenvalue weighted by atomic mass is 19.1. The smallest absolute Gasteiger partial charge is 0.261 e. The fourth-order valence-corrected chi connectivity index (χ4v) is 2.63. The zero-order chi connectivity index (χ0) is 19.8. The molecule has 2 aromatic rings. The minimum absolute atomic E-state index is 0.185. The standard InChI is InChI=1S/C21H25FN2O3/c1-4-23-21(26)16(3)24(13-17-9-11-18(22)12-10-17)20(25)14-27-19-8-6-5-7-15(19)2/h5-12,16H,4,13-14H2,1-3H3,(H,23,26)/t16-/m0/s1. The molecule has 144 valence electrons. The van der Waals surface area contributed by atoms with Gasteiger partial charge >= 0.3 is 0 Å². The van der Waals surface area contributed by atoms with Crippen molar-refractivity contribution in [2.75, 3.05) is 13.2 Å². The number of nitrogens with one attached hydrogen (secondary N) is 1. The van der Waals surface area contributed by atoms with E-state index in [1.165, 1.54) is 17.0 Å². The average molecular weight is 372 g/mol. The van der Waals surface area contributed by atoms with Crippen LogP contribution in [0.15, 0.2) is 48.5 Å². The molecule has 0 saturated carbocycles. The normalized spacial score (nSPS) is 11.6. The van der Waals surface area contributed by atoms with E-state index in [-0.39, 0.29) is 30.8 Å². The van der Waals surface area contributed by atoms with Crippen molar-refractivity contribution in [1.29, 1.82) is 0 Å². The lowest BCUT2D eigenvalue weighted by molar-refractivity contribution is -0.142. The lowest BCUT2D eigenvalue weighted by Crippen LogP contribution is -2.49. The summed E-state index contributed by atoms with van der Waals surface area (Å²) in [6.07, 6.45) is 0. The van der Waals surface area contributed by atoms with Gasteiger partial charge in [0.15, 0.2) is 6.61 Å². The van der Waals surface area contributed by atoms with Crippen molar-refractivity contribution >= 4 is 11.8 Å². The molecule has 0 aromatic heterocycles. The summed E-state index contributed by atoms with van der Waals surface area (Å²) >= 11 is 0. The fraction of sp³-hybridized carbons (Fsp3) is 0.333. The van der Waals surface area contributed by atoms with E-state index in [9.17, 15) is 14.0 Å². The molecular weight excluding hydrogens is 347 g/mol. The highest BCUT2D eigenvalue weighted by molar-refractivity contribution is 5.87. The van der Waals surface area contributed by atoms with Crippen LogP contribution < -0.4 is 10.1 Å². The first-order valence-corrected chi connectivity index (χ1v) is 8.92. The topological polar surface area (TPSA) is 58.6 Å². The average Bonchev–Trinajstić information content (AvgIpc) is 2.66. The number of hydrogen-bond acceptors (Lipinski definition) is 3. The van der Waals surface area contributed by atoms with Crippen LogP contribution in [0.2, 0.25) is 0 Å². The first kappa shape index (κ1) is 20.4. The molecule has 2 amide bonds. The van der Waals surface area contributed by atoms with E-state index in [4.69, 9.17) is 4.74 Å². The molecule has 5 nitrogen and oxygen atoms in total. The maximum absolute atomic E-state index is 13.2. The summed E-state index contributed by atoms with van der Waals surface area (Å²) in [6.45, 7) is 5.86. The molecule has 27 heavy (non-hydrogen) atoms. The van der Waals surface area contributed by atoms with Crippen molar-refractivity contribution < 1.29 is 18.7 Å². The molecule has 0 aliphatic heterocycles. The number of halogens is 1. The van der Waals surface area contributed by atoms with Gasteiger partial charge in [0.1, 0.15) is 17.6 Å². The summed E-state index contributed by atoms with van der Waals surface area (Å²) in [4.78, 5) is 26.5. The molecule has 0 fully saturated rings. The second kappa shape index (κ2) is 9.71. The largest absolute Gasteiger partial charge is 0.484 e. The molecule has 0 bridgehead atoms. The van der Waals surface area contributed by atoms with Gasteiger partial charge in [-0.3, -0.25) is 9.59 Å². The molecule has 0 spiro atoms. The Balaban J connectivity index is 2.14. The summed E-state index contributed by atoms with van der Waals surface area (Å²) in [6, 6.07) is 12.6. The fourth-order valence-electron chi connectivity index (χ4n) is 2.63. The molecule has 0 heterocycles. The van der Waals surface area contributed by atoms with Gasteiger partial charge in [0.05, 0.1) is 0 Å². The van der Waals surface area contributed by atoms with Crippen LogP contribution in [0.5, 0.6) is 5.75 Å². The van der Waals surface area contributed by atoms with Crippen molar-refractivity contribution in [1.82, 2.24) is 10.2 Å². The lowest BCUT2D eigenvalue weighted by atomic mass is 10.1. The third-order valence-electron chi connectivity index (χ3n) is 4.23. The molecular formula is C21H25FN2O3. The number of carbonyl (C=O) groups excluding carboxylic acids is 2. The quantitative estimate of drug-likeness (QED) is 0.775. The minimum atomic E-state index is -0.678. The second-order valence-corrected chi connectivity index (χ2v) is 6.27. The lowest BCUT2D eigenvalue weighted by Gasteiger charge is -2.28. The number of rotatable bonds is 8. The maximum atomic E-state index is 13.2. The number of likely N-dealkylation sites (N-methyl/N-ethyl adjacent to an activating group) is 1. The highest BCUT2D eigenvalue weighted by Crippen LogP contribution is 2.17. The van der Waals surface area contributed by atoms with Crippen LogP contribution in [0.25, 0.3) is 0 Å². The van der Waals surface area contributed by atoms with Crippen molar-refractivity contribution in [2.45, 2.75) is 33.4 Å². The van der Waals surface area contributed by atoms with E-state index < -0.39 is 6.04 Å². The molecule has 6 heteroatoms. The van der Waals surface area contributed by atoms with Crippen molar-refractivity contribution in [2.24, 2.45) is 0 Å². The van der Waals surface area contributed by atoms with Crippen LogP contribution in [-0.4, -0.2) is 35.9 Å². The monoisotopic (exact) mass is 372 g/mol. The molecule has 2 rings (SSSR count). The van der Waals surface area contributed by atoms with Gasteiger partial charge in [-0.15, -0.1) is 0 Å². The summed E-state index contributed by atoms with van der Waals surface area (Å²) < 4.78 is 18.8. The van der Waals surface area contributed by atoms with Gasteiger partial charge in [-0.1, -0.05) is 30.3 Å². The predicted molar refractivity (Wildman–Crippen MR) is 102 cm³/mol. The zero-order valence-corrected chi connectivity index (χ0v) is 15.9. The van der Waals surface area contributed by atoms with Crippen LogP contribution in [0.3, 0.4) is 0 Å². The summed E-state index contributed by atoms with van der Waals surface area (Å²) in [5.74, 6) is -0.292. The molecule has 0 aliphatic carbocycles. The van der Waals surface area contributed by atoms with Crippen LogP contribution >= 0.6 is 0 Å². The summed E-state index contributed by atoms with van der Waals surface area (Å²) in [5.41, 5.74) is 1.66. The highest BCUT2D eigenvalue weighted by Gasteiger charge is 2.26. The number of benzene rings is 2. The molecule has 1 atom stereocenters. The molecule has 0 saturated heterocycles. The Kier molecular flexibility index (Phi) is 7.34. The summed E-state index contributed by atoms with van der Waals surface area (Å²) in [7, 11) is 0. The van der Waals surface area contributed by atoms with Gasteiger partial charge in [0.25, 0.3) is 5.91 Å². The van der Waals surface area contributed by atoms with Gasteiger partial charge in [0, 0.05) is 13.1 Å². The van der Waals surface area contributed by atoms with E-state index in [1.54, 1.807) is 25.1 Å². The first-order chi connectivity index (χ1) is 12.9. The second-order valence-electron chi connectivity index (χ2n) is 6.27. The van der Waals surface area contributed by atoms with Crippen LogP contribution in [0, 0.1) is 12.7 Å². The van der Waals surface area contributed by atoms with E-state index >= 15 is 0 Å². The van der Waals surface area contributed by atoms with E-state index in [0.29, 0.717) is 12.3 Å². The number of aryl methyl sites for hydroxylation is 1. The Labute approximate surface area is 159 Å². The molecule has 0 aliphatic rings. The predicted octanol–water partition coefficient (Wildman–Crippen LogP) is 3.07. The van der Waals surface area contributed by atoms with Gasteiger partial charge in [0.2, 0.25) is 5.91 Å². The van der Waals surface area contributed by atoms with E-state index in [0.717, 1.165) is 11.1 Å². The number of carbonyl (C=O) groups is 2. The van der Waals surface area contributed by atoms with Gasteiger partial charge < -0.3 is 15.0 Å². The number of para-hydroxylation sites is 1. The number of amides is 2. The van der Waals surface area contributed by atoms with Gasteiger partial charge in [-0.2, -0.15) is 0 Å². The van der Waals surface area contributed by atoms with Crippen LogP contribution in [0.1, 0.15) is 25.0 Å². The Morgan fingerprint density at radius 2 is 1.81 bits per heavy atom. The number of nitrogens with zero attached hydrogens (tertiary/aromatic N) is 1. The molecule has 0 unspecified atom stereocenters. The minimum Gasteiger partial charge on any atom is -0.484 e. The zero-order valence-electron chi connectivity index (χ0n) is 15.9.